The lowest BCUT2D eigenvalue weighted by Crippen LogP contribution is -2.66. The molecule has 2 saturated heterocycles. The molecule has 190 valence electrons. The molecule has 36 heavy (non-hydrogen) atoms. The zero-order valence-corrected chi connectivity index (χ0v) is 21.4. The van der Waals surface area contributed by atoms with Gasteiger partial charge in [0.1, 0.15) is 12.2 Å². The first-order chi connectivity index (χ1) is 17.5. The first-order valence-electron chi connectivity index (χ1n) is 14.3. The Labute approximate surface area is 212 Å². The lowest BCUT2D eigenvalue weighted by molar-refractivity contribution is -0.145. The molecule has 0 aromatic carbocycles. The zero-order chi connectivity index (χ0) is 24.4. The Hall–Kier alpha value is -2.50. The maximum Gasteiger partial charge on any atom is 0.310 e. The number of aryl methyl sites for hydroxylation is 2. The molecule has 0 spiro atoms. The van der Waals surface area contributed by atoms with Gasteiger partial charge in [-0.05, 0) is 61.8 Å². The number of rotatable bonds is 1. The van der Waals surface area contributed by atoms with Crippen LogP contribution in [0.25, 0.3) is 0 Å². The standard InChI is InChI=1S/C30H36N2O4/c1-17-27(33)35-23-15-19-7-3-5-11-31-13-9-21(25(19)31)29(17,23)30-18(2)28(34)36-24(30)16-20-8-4-6-12-32-14-10-22(30)26(20)32/h9-10,13-14,17-20,23-24H,3-8,11-12,15-16H2,1-2H3/t17-,18-,19-,20-,23+,24+,29+,30+/m1/s1. The molecule has 0 bridgehead atoms. The molecule has 6 nitrogen and oxygen atoms in total. The van der Waals surface area contributed by atoms with Gasteiger partial charge in [0, 0.05) is 48.7 Å². The Bertz CT molecular complexity index is 1190. The summed E-state index contributed by atoms with van der Waals surface area (Å²) < 4.78 is 17.7. The molecule has 8 rings (SSSR count). The van der Waals surface area contributed by atoms with Gasteiger partial charge in [-0.2, -0.15) is 0 Å². The van der Waals surface area contributed by atoms with Gasteiger partial charge >= 0.3 is 11.9 Å². The van der Waals surface area contributed by atoms with Crippen molar-refractivity contribution in [1.82, 2.24) is 9.13 Å². The number of ether oxygens (including phenoxy) is 2. The summed E-state index contributed by atoms with van der Waals surface area (Å²) in [7, 11) is 0. The van der Waals surface area contributed by atoms with E-state index < -0.39 is 10.8 Å². The average molecular weight is 489 g/mol. The van der Waals surface area contributed by atoms with Gasteiger partial charge < -0.3 is 18.6 Å². The predicted octanol–water partition coefficient (Wildman–Crippen LogP) is 4.93. The van der Waals surface area contributed by atoms with Crippen LogP contribution in [0.15, 0.2) is 24.5 Å². The molecule has 2 aromatic heterocycles. The lowest BCUT2D eigenvalue weighted by atomic mass is 9.42. The van der Waals surface area contributed by atoms with Crippen molar-refractivity contribution in [2.45, 2.75) is 113 Å². The quantitative estimate of drug-likeness (QED) is 0.534. The van der Waals surface area contributed by atoms with Crippen molar-refractivity contribution in [3.05, 3.63) is 47.0 Å². The highest BCUT2D eigenvalue weighted by atomic mass is 16.6. The number of esters is 2. The van der Waals surface area contributed by atoms with Crippen LogP contribution in [0.5, 0.6) is 0 Å². The van der Waals surface area contributed by atoms with Crippen molar-refractivity contribution in [3.8, 4) is 0 Å². The molecule has 2 fully saturated rings. The fourth-order valence-corrected chi connectivity index (χ4v) is 10.1. The van der Waals surface area contributed by atoms with Crippen LogP contribution in [0.4, 0.5) is 0 Å². The Morgan fingerprint density at radius 3 is 1.61 bits per heavy atom. The molecular weight excluding hydrogens is 452 g/mol. The number of fused-ring (bicyclic) bond motifs is 5. The smallest absolute Gasteiger partial charge is 0.310 e. The first-order valence-corrected chi connectivity index (χ1v) is 14.3. The number of aromatic nitrogens is 2. The Morgan fingerprint density at radius 1 is 0.722 bits per heavy atom. The molecule has 4 aliphatic heterocycles. The molecule has 0 amide bonds. The van der Waals surface area contributed by atoms with Crippen LogP contribution in [0.2, 0.25) is 0 Å². The number of hydrogen-bond acceptors (Lipinski definition) is 4. The van der Waals surface area contributed by atoms with Gasteiger partial charge in [-0.15, -0.1) is 0 Å². The maximum absolute atomic E-state index is 13.6. The van der Waals surface area contributed by atoms with Crippen LogP contribution >= 0.6 is 0 Å². The summed E-state index contributed by atoms with van der Waals surface area (Å²) in [4.78, 5) is 27.2. The second-order valence-corrected chi connectivity index (χ2v) is 12.5. The molecule has 6 heteroatoms. The van der Waals surface area contributed by atoms with E-state index in [-0.39, 0.29) is 36.0 Å². The van der Waals surface area contributed by atoms with Gasteiger partial charge in [0.15, 0.2) is 0 Å². The molecule has 0 saturated carbocycles. The summed E-state index contributed by atoms with van der Waals surface area (Å²) in [6, 6.07) is 4.58. The predicted molar refractivity (Wildman–Crippen MR) is 133 cm³/mol. The van der Waals surface area contributed by atoms with Crippen LogP contribution in [0, 0.1) is 11.8 Å². The molecule has 6 aliphatic rings. The van der Waals surface area contributed by atoms with E-state index in [1.165, 1.54) is 48.2 Å². The van der Waals surface area contributed by atoms with Crippen molar-refractivity contribution in [3.63, 3.8) is 0 Å². The van der Waals surface area contributed by atoms with E-state index in [9.17, 15) is 9.59 Å². The third kappa shape index (κ3) is 2.24. The van der Waals surface area contributed by atoms with E-state index in [2.05, 4.69) is 47.5 Å². The summed E-state index contributed by atoms with van der Waals surface area (Å²) >= 11 is 0. The largest absolute Gasteiger partial charge is 0.461 e. The van der Waals surface area contributed by atoms with Gasteiger partial charge in [-0.25, -0.2) is 0 Å². The third-order valence-electron chi connectivity index (χ3n) is 11.4. The van der Waals surface area contributed by atoms with Gasteiger partial charge in [0.05, 0.1) is 22.7 Å². The average Bonchev–Trinajstić information content (AvgIpc) is 3.52. The van der Waals surface area contributed by atoms with Crippen LogP contribution < -0.4 is 0 Å². The van der Waals surface area contributed by atoms with Crippen LogP contribution in [0.3, 0.4) is 0 Å². The van der Waals surface area contributed by atoms with Gasteiger partial charge in [-0.3, -0.25) is 9.59 Å². The minimum Gasteiger partial charge on any atom is -0.461 e. The minimum absolute atomic E-state index is 0.108. The van der Waals surface area contributed by atoms with E-state index in [0.29, 0.717) is 11.8 Å². The van der Waals surface area contributed by atoms with Crippen LogP contribution in [-0.4, -0.2) is 33.3 Å². The first kappa shape index (κ1) is 21.6. The summed E-state index contributed by atoms with van der Waals surface area (Å²) in [6.45, 7) is 6.21. The molecule has 2 aromatic rings. The van der Waals surface area contributed by atoms with E-state index >= 15 is 0 Å². The maximum atomic E-state index is 13.6. The second kappa shape index (κ2) is 7.08. The van der Waals surface area contributed by atoms with E-state index in [0.717, 1.165) is 38.8 Å². The van der Waals surface area contributed by atoms with Crippen LogP contribution in [0.1, 0.15) is 99.6 Å². The highest BCUT2D eigenvalue weighted by molar-refractivity contribution is 5.84. The Morgan fingerprint density at radius 2 is 1.17 bits per heavy atom. The topological polar surface area (TPSA) is 62.5 Å². The van der Waals surface area contributed by atoms with Crippen molar-refractivity contribution in [2.75, 3.05) is 0 Å². The zero-order valence-electron chi connectivity index (χ0n) is 21.4. The van der Waals surface area contributed by atoms with Crippen molar-refractivity contribution >= 4 is 11.9 Å². The fourth-order valence-electron chi connectivity index (χ4n) is 10.1. The molecule has 0 N–H and O–H groups in total. The molecule has 8 atom stereocenters. The molecular formula is C30H36N2O4. The summed E-state index contributed by atoms with van der Waals surface area (Å²) in [5.74, 6) is -0.0851. The minimum atomic E-state index is -0.609. The molecule has 2 aliphatic carbocycles. The van der Waals surface area contributed by atoms with E-state index in [4.69, 9.17) is 9.47 Å². The SMILES string of the molecule is C[C@@H]1C(=O)O[C@H]2C[C@H]3CCCCn4ccc(c43)[C@]21[C@@]12c3ccn4c3[C@H](CCCC4)C[C@@H]1OC(=O)[C@H]2C. The monoisotopic (exact) mass is 488 g/mol. The normalized spacial score (nSPS) is 42.4. The summed E-state index contributed by atoms with van der Waals surface area (Å²) in [5.41, 5.74) is 4.13. The Kier molecular flexibility index (Phi) is 4.24. The van der Waals surface area contributed by atoms with Gasteiger partial charge in [0.2, 0.25) is 0 Å². The number of carbonyl (C=O) groups is 2. The van der Waals surface area contributed by atoms with E-state index in [1.807, 2.05) is 0 Å². The Balaban J connectivity index is 1.48. The lowest BCUT2D eigenvalue weighted by Gasteiger charge is -2.58. The fraction of sp³-hybridized carbons (Fsp3) is 0.667. The number of nitrogens with zero attached hydrogens (tertiary/aromatic N) is 2. The van der Waals surface area contributed by atoms with Crippen molar-refractivity contribution in [2.24, 2.45) is 11.8 Å². The summed E-state index contributed by atoms with van der Waals surface area (Å²) in [5, 5.41) is 0. The molecule has 0 unspecified atom stereocenters. The number of carbonyl (C=O) groups excluding carboxylic acids is 2. The number of hydrogen-bond donors (Lipinski definition) is 0. The van der Waals surface area contributed by atoms with Gasteiger partial charge in [0.25, 0.3) is 0 Å². The highest BCUT2D eigenvalue weighted by Crippen LogP contribution is 2.70. The van der Waals surface area contributed by atoms with Gasteiger partial charge in [-0.1, -0.05) is 26.7 Å². The molecule has 6 heterocycles. The highest BCUT2D eigenvalue weighted by Gasteiger charge is 2.78. The van der Waals surface area contributed by atoms with Crippen molar-refractivity contribution in [1.29, 1.82) is 0 Å². The molecule has 0 radical (unpaired) electrons. The van der Waals surface area contributed by atoms with E-state index in [1.54, 1.807) is 0 Å². The van der Waals surface area contributed by atoms with Crippen molar-refractivity contribution < 1.29 is 19.1 Å². The second-order valence-electron chi connectivity index (χ2n) is 12.5. The summed E-state index contributed by atoms with van der Waals surface area (Å²) in [6.07, 6.45) is 12.8. The van der Waals surface area contributed by atoms with Crippen LogP contribution in [-0.2, 0) is 43.0 Å². The third-order valence-corrected chi connectivity index (χ3v) is 11.4.